The summed E-state index contributed by atoms with van der Waals surface area (Å²) in [6.07, 6.45) is 3.35. The molecule has 1 N–H and O–H groups in total. The van der Waals surface area contributed by atoms with Gasteiger partial charge >= 0.3 is 0 Å². The predicted molar refractivity (Wildman–Crippen MR) is 77.2 cm³/mol. The highest BCUT2D eigenvalue weighted by Gasteiger charge is 2.09. The summed E-state index contributed by atoms with van der Waals surface area (Å²) in [6.45, 7) is 2.65. The number of nitrogens with zero attached hydrogens (tertiary/aromatic N) is 7. The van der Waals surface area contributed by atoms with Crippen LogP contribution in [0.3, 0.4) is 0 Å². The summed E-state index contributed by atoms with van der Waals surface area (Å²) in [4.78, 5) is 12.0. The third kappa shape index (κ3) is 2.97. The normalized spacial score (nSPS) is 10.6. The second-order valence-electron chi connectivity index (χ2n) is 4.59. The molecule has 0 aliphatic carbocycles. The summed E-state index contributed by atoms with van der Waals surface area (Å²) in [6, 6.07) is 7.43. The van der Waals surface area contributed by atoms with E-state index in [0.29, 0.717) is 12.5 Å². The Balaban J connectivity index is 1.64. The first-order valence-electron chi connectivity index (χ1n) is 6.76. The molecule has 0 bridgehead atoms. The molecule has 9 nitrogen and oxygen atoms in total. The van der Waals surface area contributed by atoms with E-state index in [1.165, 1.54) is 6.33 Å². The highest BCUT2D eigenvalue weighted by Crippen LogP contribution is 2.09. The molecule has 0 saturated heterocycles. The Morgan fingerprint density at radius 2 is 2.00 bits per heavy atom. The van der Waals surface area contributed by atoms with Crippen LogP contribution in [0.1, 0.15) is 12.5 Å². The van der Waals surface area contributed by atoms with Crippen molar-refractivity contribution in [3.63, 3.8) is 0 Å². The Morgan fingerprint density at radius 1 is 1.18 bits per heavy atom. The van der Waals surface area contributed by atoms with E-state index in [0.717, 1.165) is 11.3 Å². The maximum Gasteiger partial charge on any atom is 0.231 e. The van der Waals surface area contributed by atoms with E-state index in [9.17, 15) is 4.79 Å². The Bertz CT molecular complexity index is 747. The summed E-state index contributed by atoms with van der Waals surface area (Å²) >= 11 is 0. The lowest BCUT2D eigenvalue weighted by atomic mass is 10.1. The van der Waals surface area contributed by atoms with Gasteiger partial charge in [-0.05, 0) is 35.0 Å². The van der Waals surface area contributed by atoms with Gasteiger partial charge in [-0.3, -0.25) is 10.1 Å². The van der Waals surface area contributed by atoms with Gasteiger partial charge < -0.3 is 4.57 Å². The van der Waals surface area contributed by atoms with Gasteiger partial charge in [-0.2, -0.15) is 0 Å². The zero-order valence-electron chi connectivity index (χ0n) is 11.9. The lowest BCUT2D eigenvalue weighted by molar-refractivity contribution is -0.115. The zero-order valence-corrected chi connectivity index (χ0v) is 11.9. The fourth-order valence-electron chi connectivity index (χ4n) is 1.98. The van der Waals surface area contributed by atoms with Gasteiger partial charge in [-0.25, -0.2) is 4.68 Å². The molecule has 2 aromatic heterocycles. The number of aryl methyl sites for hydroxylation is 1. The van der Waals surface area contributed by atoms with Gasteiger partial charge in [0, 0.05) is 6.54 Å². The van der Waals surface area contributed by atoms with Crippen LogP contribution in [0.4, 0.5) is 5.95 Å². The number of nitrogens with one attached hydrogen (secondary N) is 1. The SMILES string of the molecule is CCn1cnnc1NC(=O)Cc1ccc(-n2cnnn2)cc1. The molecule has 0 aliphatic rings. The predicted octanol–water partition coefficient (Wildman–Crippen LogP) is 0.455. The fourth-order valence-corrected chi connectivity index (χ4v) is 1.98. The number of hydrogen-bond acceptors (Lipinski definition) is 6. The van der Waals surface area contributed by atoms with Gasteiger partial charge in [0.1, 0.15) is 12.7 Å². The number of carbonyl (C=O) groups is 1. The molecule has 0 saturated carbocycles. The maximum absolute atomic E-state index is 12.0. The molecule has 9 heteroatoms. The average molecular weight is 298 g/mol. The van der Waals surface area contributed by atoms with Crippen LogP contribution < -0.4 is 5.32 Å². The second kappa shape index (κ2) is 6.12. The van der Waals surface area contributed by atoms with E-state index in [1.54, 1.807) is 15.6 Å². The monoisotopic (exact) mass is 298 g/mol. The standard InChI is InChI=1S/C13H14N8O/c1-2-20-8-14-17-13(20)16-12(22)7-10-3-5-11(6-4-10)21-9-15-18-19-21/h3-6,8-9H,2,7H2,1H3,(H,16,17,22). The second-order valence-corrected chi connectivity index (χ2v) is 4.59. The molecular weight excluding hydrogens is 284 g/mol. The van der Waals surface area contributed by atoms with Crippen molar-refractivity contribution in [1.29, 1.82) is 0 Å². The van der Waals surface area contributed by atoms with Crippen LogP contribution in [-0.4, -0.2) is 40.9 Å². The molecule has 2 heterocycles. The average Bonchev–Trinajstić information content (AvgIpc) is 3.19. The number of benzene rings is 1. The van der Waals surface area contributed by atoms with Gasteiger partial charge in [0.25, 0.3) is 0 Å². The van der Waals surface area contributed by atoms with Crippen molar-refractivity contribution < 1.29 is 4.79 Å². The van der Waals surface area contributed by atoms with Crippen molar-refractivity contribution in [1.82, 2.24) is 35.0 Å². The lowest BCUT2D eigenvalue weighted by Gasteiger charge is -2.06. The smallest absolute Gasteiger partial charge is 0.231 e. The van der Waals surface area contributed by atoms with Gasteiger partial charge in [0.2, 0.25) is 11.9 Å². The highest BCUT2D eigenvalue weighted by molar-refractivity contribution is 5.90. The zero-order chi connectivity index (χ0) is 15.4. The number of anilines is 1. The molecule has 1 amide bonds. The number of tetrazole rings is 1. The molecule has 0 unspecified atom stereocenters. The first-order valence-corrected chi connectivity index (χ1v) is 6.76. The number of carbonyl (C=O) groups excluding carboxylic acids is 1. The van der Waals surface area contributed by atoms with Crippen molar-refractivity contribution in [2.24, 2.45) is 0 Å². The summed E-state index contributed by atoms with van der Waals surface area (Å²) in [5.74, 6) is 0.315. The quantitative estimate of drug-likeness (QED) is 0.733. The van der Waals surface area contributed by atoms with Gasteiger partial charge in [0.05, 0.1) is 12.1 Å². The Morgan fingerprint density at radius 3 is 2.68 bits per heavy atom. The third-order valence-corrected chi connectivity index (χ3v) is 3.12. The van der Waals surface area contributed by atoms with E-state index in [1.807, 2.05) is 31.2 Å². The molecule has 0 aliphatic heterocycles. The fraction of sp³-hybridized carbons (Fsp3) is 0.231. The first-order chi connectivity index (χ1) is 10.8. The van der Waals surface area contributed by atoms with Crippen LogP contribution in [0.5, 0.6) is 0 Å². The lowest BCUT2D eigenvalue weighted by Crippen LogP contribution is -2.17. The molecule has 3 aromatic rings. The van der Waals surface area contributed by atoms with Crippen LogP contribution in [0.15, 0.2) is 36.9 Å². The van der Waals surface area contributed by atoms with E-state index < -0.39 is 0 Å². The minimum Gasteiger partial charge on any atom is -0.300 e. The molecular formula is C13H14N8O. The summed E-state index contributed by atoms with van der Waals surface area (Å²) in [7, 11) is 0. The summed E-state index contributed by atoms with van der Waals surface area (Å²) < 4.78 is 3.31. The topological polar surface area (TPSA) is 103 Å². The van der Waals surface area contributed by atoms with E-state index in [4.69, 9.17) is 0 Å². The van der Waals surface area contributed by atoms with E-state index in [2.05, 4.69) is 31.0 Å². The van der Waals surface area contributed by atoms with Gasteiger partial charge in [-0.15, -0.1) is 15.3 Å². The molecule has 0 spiro atoms. The minimum absolute atomic E-state index is 0.141. The van der Waals surface area contributed by atoms with Crippen molar-refractivity contribution in [2.75, 3.05) is 5.32 Å². The van der Waals surface area contributed by atoms with Gasteiger partial charge in [-0.1, -0.05) is 12.1 Å². The van der Waals surface area contributed by atoms with Crippen molar-refractivity contribution in [2.45, 2.75) is 19.9 Å². The molecule has 3 rings (SSSR count). The number of hydrogen-bond donors (Lipinski definition) is 1. The number of rotatable bonds is 5. The van der Waals surface area contributed by atoms with Crippen LogP contribution in [0.25, 0.3) is 5.69 Å². The molecule has 22 heavy (non-hydrogen) atoms. The van der Waals surface area contributed by atoms with E-state index >= 15 is 0 Å². The molecule has 112 valence electrons. The number of amides is 1. The van der Waals surface area contributed by atoms with Crippen molar-refractivity contribution in [3.05, 3.63) is 42.5 Å². The summed E-state index contributed by atoms with van der Waals surface area (Å²) in [5, 5.41) is 21.4. The Kier molecular flexibility index (Phi) is 3.86. The summed E-state index contributed by atoms with van der Waals surface area (Å²) in [5.41, 5.74) is 1.72. The molecule has 0 atom stereocenters. The van der Waals surface area contributed by atoms with Gasteiger partial charge in [0.15, 0.2) is 0 Å². The van der Waals surface area contributed by atoms with Crippen molar-refractivity contribution >= 4 is 11.9 Å². The Labute approximate surface area is 126 Å². The Hall–Kier alpha value is -3.10. The van der Waals surface area contributed by atoms with Crippen LogP contribution in [0, 0.1) is 0 Å². The molecule has 1 aromatic carbocycles. The third-order valence-electron chi connectivity index (χ3n) is 3.12. The molecule has 0 fully saturated rings. The molecule has 0 radical (unpaired) electrons. The number of aromatic nitrogens is 7. The largest absolute Gasteiger partial charge is 0.300 e. The van der Waals surface area contributed by atoms with Crippen molar-refractivity contribution in [3.8, 4) is 5.69 Å². The van der Waals surface area contributed by atoms with E-state index in [-0.39, 0.29) is 12.3 Å². The van der Waals surface area contributed by atoms with Crippen LogP contribution >= 0.6 is 0 Å². The van der Waals surface area contributed by atoms with Crippen LogP contribution in [0.2, 0.25) is 0 Å². The maximum atomic E-state index is 12.0. The first kappa shape index (κ1) is 13.9. The highest BCUT2D eigenvalue weighted by atomic mass is 16.1. The van der Waals surface area contributed by atoms with Crippen LogP contribution in [-0.2, 0) is 17.8 Å². The minimum atomic E-state index is -0.141.